The van der Waals surface area contributed by atoms with E-state index in [0.29, 0.717) is 5.56 Å². The predicted molar refractivity (Wildman–Crippen MR) is 50.3 cm³/mol. The molecule has 0 aliphatic carbocycles. The minimum atomic E-state index is 0.183. The van der Waals surface area contributed by atoms with Gasteiger partial charge in [0.1, 0.15) is 12.0 Å². The van der Waals surface area contributed by atoms with E-state index < -0.39 is 0 Å². The smallest absolute Gasteiger partial charge is 0.124 e. The second kappa shape index (κ2) is 3.72. The first-order valence-electron chi connectivity index (χ1n) is 3.56. The summed E-state index contributed by atoms with van der Waals surface area (Å²) in [5.74, 6) is 0.183. The number of carbonyl (C=O) groups is 1. The average Bonchev–Trinajstić information content (AvgIpc) is 2.01. The lowest BCUT2D eigenvalue weighted by Crippen LogP contribution is -1.88. The highest BCUT2D eigenvalue weighted by atomic mass is 79.9. The van der Waals surface area contributed by atoms with Crippen molar-refractivity contribution in [2.24, 2.45) is 0 Å². The molecule has 2 nitrogen and oxygen atoms in total. The molecule has 1 aromatic carbocycles. The van der Waals surface area contributed by atoms with Crippen molar-refractivity contribution in [3.63, 3.8) is 0 Å². The number of phenols is 1. The summed E-state index contributed by atoms with van der Waals surface area (Å²) in [6, 6.07) is 3.40. The number of aromatic hydroxyl groups is 1. The molecule has 64 valence electrons. The molecular weight excluding hydrogens is 220 g/mol. The van der Waals surface area contributed by atoms with Crippen molar-refractivity contribution in [3.05, 3.63) is 27.7 Å². The van der Waals surface area contributed by atoms with E-state index >= 15 is 0 Å². The molecule has 0 heterocycles. The Kier molecular flexibility index (Phi) is 2.87. The molecule has 0 spiro atoms. The molecule has 1 rings (SSSR count). The van der Waals surface area contributed by atoms with Gasteiger partial charge in [-0.1, -0.05) is 15.9 Å². The fourth-order valence-corrected chi connectivity index (χ4v) is 1.35. The second-order valence-corrected chi connectivity index (χ2v) is 3.46. The van der Waals surface area contributed by atoms with Crippen molar-refractivity contribution in [3.8, 4) is 5.75 Å². The Hall–Kier alpha value is -0.830. The number of benzene rings is 1. The number of carbonyl (C=O) groups excluding carboxylic acids is 1. The maximum Gasteiger partial charge on any atom is 0.124 e. The lowest BCUT2D eigenvalue weighted by atomic mass is 10.1. The number of rotatable bonds is 2. The van der Waals surface area contributed by atoms with Crippen LogP contribution in [-0.4, -0.2) is 11.4 Å². The number of aldehydes is 1. The molecular formula is C9H9BrO2. The zero-order chi connectivity index (χ0) is 9.14. The van der Waals surface area contributed by atoms with E-state index in [-0.39, 0.29) is 12.2 Å². The Labute approximate surface area is 79.3 Å². The van der Waals surface area contributed by atoms with E-state index in [1.807, 2.05) is 6.92 Å². The summed E-state index contributed by atoms with van der Waals surface area (Å²) in [6.45, 7) is 1.88. The fraction of sp³-hybridized carbons (Fsp3) is 0.222. The molecule has 0 unspecified atom stereocenters. The first kappa shape index (κ1) is 9.26. The summed E-state index contributed by atoms with van der Waals surface area (Å²) in [5, 5.41) is 9.37. The standard InChI is InChI=1S/C9H9BrO2/c1-6-4-9(12)7(2-3-11)5-8(6)10/h3-5,12H,2H2,1H3. The second-order valence-electron chi connectivity index (χ2n) is 2.60. The van der Waals surface area contributed by atoms with E-state index in [0.717, 1.165) is 16.3 Å². The summed E-state index contributed by atoms with van der Waals surface area (Å²) >= 11 is 3.32. The van der Waals surface area contributed by atoms with Crippen LogP contribution in [0.3, 0.4) is 0 Å². The van der Waals surface area contributed by atoms with Crippen molar-refractivity contribution in [2.75, 3.05) is 0 Å². The Bertz CT molecular complexity index is 308. The highest BCUT2D eigenvalue weighted by Gasteiger charge is 2.03. The summed E-state index contributed by atoms with van der Waals surface area (Å²) in [4.78, 5) is 10.2. The summed E-state index contributed by atoms with van der Waals surface area (Å²) in [7, 11) is 0. The molecule has 0 amide bonds. The monoisotopic (exact) mass is 228 g/mol. The molecule has 3 heteroatoms. The fourth-order valence-electron chi connectivity index (χ4n) is 0.961. The normalized spacial score (nSPS) is 9.83. The van der Waals surface area contributed by atoms with Gasteiger partial charge < -0.3 is 9.90 Å². The summed E-state index contributed by atoms with van der Waals surface area (Å²) in [6.07, 6.45) is 1.03. The lowest BCUT2D eigenvalue weighted by molar-refractivity contribution is -0.107. The zero-order valence-corrected chi connectivity index (χ0v) is 8.26. The molecule has 1 N–H and O–H groups in total. The number of hydrogen-bond acceptors (Lipinski definition) is 2. The van der Waals surface area contributed by atoms with Crippen molar-refractivity contribution in [2.45, 2.75) is 13.3 Å². The Morgan fingerprint density at radius 1 is 1.58 bits per heavy atom. The van der Waals surface area contributed by atoms with Crippen molar-refractivity contribution >= 4 is 22.2 Å². The van der Waals surface area contributed by atoms with Gasteiger partial charge >= 0.3 is 0 Å². The SMILES string of the molecule is Cc1cc(O)c(CC=O)cc1Br. The van der Waals surface area contributed by atoms with Crippen LogP contribution in [0.1, 0.15) is 11.1 Å². The van der Waals surface area contributed by atoms with Gasteiger partial charge in [0.05, 0.1) is 0 Å². The van der Waals surface area contributed by atoms with Crippen LogP contribution >= 0.6 is 15.9 Å². The Morgan fingerprint density at radius 3 is 2.83 bits per heavy atom. The molecule has 12 heavy (non-hydrogen) atoms. The van der Waals surface area contributed by atoms with Gasteiger partial charge in [-0.05, 0) is 24.6 Å². The van der Waals surface area contributed by atoms with E-state index in [4.69, 9.17) is 0 Å². The molecule has 0 bridgehead atoms. The van der Waals surface area contributed by atoms with Gasteiger partial charge in [-0.2, -0.15) is 0 Å². The Balaban J connectivity index is 3.13. The van der Waals surface area contributed by atoms with Gasteiger partial charge in [-0.15, -0.1) is 0 Å². The van der Waals surface area contributed by atoms with Crippen LogP contribution in [0.15, 0.2) is 16.6 Å². The molecule has 0 aromatic heterocycles. The zero-order valence-electron chi connectivity index (χ0n) is 6.67. The molecule has 1 aromatic rings. The van der Waals surface area contributed by atoms with Crippen LogP contribution in [0.2, 0.25) is 0 Å². The first-order valence-corrected chi connectivity index (χ1v) is 4.36. The van der Waals surface area contributed by atoms with E-state index in [9.17, 15) is 9.90 Å². The number of hydrogen-bond donors (Lipinski definition) is 1. The van der Waals surface area contributed by atoms with Gasteiger partial charge in [0, 0.05) is 16.5 Å². The minimum Gasteiger partial charge on any atom is -0.508 e. The largest absolute Gasteiger partial charge is 0.508 e. The van der Waals surface area contributed by atoms with Gasteiger partial charge in [0.25, 0.3) is 0 Å². The van der Waals surface area contributed by atoms with Crippen molar-refractivity contribution in [1.29, 1.82) is 0 Å². The van der Waals surface area contributed by atoms with E-state index in [1.54, 1.807) is 12.1 Å². The maximum atomic E-state index is 10.2. The maximum absolute atomic E-state index is 10.2. The van der Waals surface area contributed by atoms with Crippen LogP contribution in [0.25, 0.3) is 0 Å². The predicted octanol–water partition coefficient (Wildman–Crippen LogP) is 2.20. The number of phenolic OH excluding ortho intramolecular Hbond substituents is 1. The van der Waals surface area contributed by atoms with Crippen molar-refractivity contribution in [1.82, 2.24) is 0 Å². The molecule has 0 fully saturated rings. The molecule has 0 aliphatic heterocycles. The van der Waals surface area contributed by atoms with Gasteiger partial charge in [-0.25, -0.2) is 0 Å². The topological polar surface area (TPSA) is 37.3 Å². The third kappa shape index (κ3) is 1.85. The quantitative estimate of drug-likeness (QED) is 0.789. The molecule has 0 radical (unpaired) electrons. The lowest BCUT2D eigenvalue weighted by Gasteiger charge is -2.03. The van der Waals surface area contributed by atoms with Gasteiger partial charge in [0.2, 0.25) is 0 Å². The summed E-state index contributed by atoms with van der Waals surface area (Å²) in [5.41, 5.74) is 1.62. The molecule has 0 saturated carbocycles. The van der Waals surface area contributed by atoms with E-state index in [2.05, 4.69) is 15.9 Å². The first-order chi connectivity index (χ1) is 5.65. The summed E-state index contributed by atoms with van der Waals surface area (Å²) < 4.78 is 0.914. The van der Waals surface area contributed by atoms with Gasteiger partial charge in [-0.3, -0.25) is 0 Å². The van der Waals surface area contributed by atoms with Crippen LogP contribution in [0, 0.1) is 6.92 Å². The minimum absolute atomic E-state index is 0.183. The molecule has 0 saturated heterocycles. The van der Waals surface area contributed by atoms with E-state index in [1.165, 1.54) is 0 Å². The van der Waals surface area contributed by atoms with Crippen molar-refractivity contribution < 1.29 is 9.90 Å². The van der Waals surface area contributed by atoms with Crippen LogP contribution < -0.4 is 0 Å². The third-order valence-corrected chi connectivity index (χ3v) is 2.52. The third-order valence-electron chi connectivity index (χ3n) is 1.66. The Morgan fingerprint density at radius 2 is 2.25 bits per heavy atom. The van der Waals surface area contributed by atoms with Crippen LogP contribution in [-0.2, 0) is 11.2 Å². The number of halogens is 1. The number of aryl methyl sites for hydroxylation is 1. The van der Waals surface area contributed by atoms with Crippen LogP contribution in [0.5, 0.6) is 5.75 Å². The molecule has 0 atom stereocenters. The highest BCUT2D eigenvalue weighted by molar-refractivity contribution is 9.10. The molecule has 0 aliphatic rings. The van der Waals surface area contributed by atoms with Crippen LogP contribution in [0.4, 0.5) is 0 Å². The van der Waals surface area contributed by atoms with Gasteiger partial charge in [0.15, 0.2) is 0 Å². The highest BCUT2D eigenvalue weighted by Crippen LogP contribution is 2.25. The average molecular weight is 229 g/mol.